The van der Waals surface area contributed by atoms with Crippen molar-refractivity contribution in [1.29, 1.82) is 0 Å². The van der Waals surface area contributed by atoms with Crippen molar-refractivity contribution < 1.29 is 13.2 Å². The van der Waals surface area contributed by atoms with Gasteiger partial charge in [0.25, 0.3) is 5.91 Å². The highest BCUT2D eigenvalue weighted by molar-refractivity contribution is 7.92. The first kappa shape index (κ1) is 20.0. The first-order valence-corrected chi connectivity index (χ1v) is 10.2. The highest BCUT2D eigenvalue weighted by atomic mass is 35.5. The Balaban J connectivity index is 0.00000225. The zero-order valence-corrected chi connectivity index (χ0v) is 16.0. The van der Waals surface area contributed by atoms with Crippen LogP contribution in [0, 0.1) is 11.8 Å². The van der Waals surface area contributed by atoms with Gasteiger partial charge >= 0.3 is 0 Å². The van der Waals surface area contributed by atoms with Crippen molar-refractivity contribution in [2.45, 2.75) is 32.2 Å². The fraction of sp³-hybridized carbons (Fsp3) is 0.588. The number of benzene rings is 1. The van der Waals surface area contributed by atoms with E-state index in [-0.39, 0.29) is 30.1 Å². The van der Waals surface area contributed by atoms with Crippen LogP contribution in [-0.4, -0.2) is 44.1 Å². The Morgan fingerprint density at radius 1 is 1.24 bits per heavy atom. The molecule has 140 valence electrons. The summed E-state index contributed by atoms with van der Waals surface area (Å²) >= 11 is 0. The zero-order valence-electron chi connectivity index (χ0n) is 14.3. The number of amides is 1. The lowest BCUT2D eigenvalue weighted by Gasteiger charge is -2.19. The highest BCUT2D eigenvalue weighted by Crippen LogP contribution is 2.37. The fourth-order valence-corrected chi connectivity index (χ4v) is 4.97. The third-order valence-electron chi connectivity index (χ3n) is 5.08. The molecule has 0 spiro atoms. The van der Waals surface area contributed by atoms with Crippen LogP contribution in [0.2, 0.25) is 0 Å². The van der Waals surface area contributed by atoms with Crippen molar-refractivity contribution >= 4 is 34.0 Å². The summed E-state index contributed by atoms with van der Waals surface area (Å²) in [7, 11) is -3.31. The maximum Gasteiger partial charge on any atom is 0.253 e. The van der Waals surface area contributed by atoms with E-state index in [1.54, 1.807) is 24.3 Å². The largest absolute Gasteiger partial charge is 0.338 e. The summed E-state index contributed by atoms with van der Waals surface area (Å²) in [5, 5.41) is 0. The van der Waals surface area contributed by atoms with Crippen molar-refractivity contribution in [2.75, 3.05) is 23.6 Å². The molecule has 1 aromatic carbocycles. The molecule has 2 fully saturated rings. The number of hydrogen-bond acceptors (Lipinski definition) is 4. The van der Waals surface area contributed by atoms with E-state index >= 15 is 0 Å². The average molecular weight is 388 g/mol. The number of fused-ring (bicyclic) bond motifs is 1. The van der Waals surface area contributed by atoms with Gasteiger partial charge in [-0.25, -0.2) is 8.42 Å². The number of nitrogens with two attached hydrogens (primary N) is 1. The minimum absolute atomic E-state index is 0. The molecule has 1 saturated carbocycles. The van der Waals surface area contributed by atoms with Crippen LogP contribution in [0.4, 0.5) is 5.69 Å². The predicted octanol–water partition coefficient (Wildman–Crippen LogP) is 2.07. The standard InChI is InChI=1S/C17H25N3O3S.ClH/c1-2-9-24(22,23)19-14-6-3-12(4-7-14)17(21)20-10-13-5-8-16(18)15(13)11-20;/h3-4,6-7,13,15-16,19H,2,5,8-11,18H2,1H3;1H. The second kappa shape index (κ2) is 7.93. The lowest BCUT2D eigenvalue weighted by atomic mass is 9.98. The first-order valence-electron chi connectivity index (χ1n) is 8.55. The van der Waals surface area contributed by atoms with Crippen molar-refractivity contribution in [3.63, 3.8) is 0 Å². The summed E-state index contributed by atoms with van der Waals surface area (Å²) in [4.78, 5) is 14.5. The molecule has 3 N–H and O–H groups in total. The van der Waals surface area contributed by atoms with E-state index in [0.29, 0.717) is 29.5 Å². The molecular formula is C17H26ClN3O3S. The van der Waals surface area contributed by atoms with Crippen LogP contribution >= 0.6 is 12.4 Å². The quantitative estimate of drug-likeness (QED) is 0.808. The molecule has 1 aromatic rings. The second-order valence-corrected chi connectivity index (χ2v) is 8.72. The van der Waals surface area contributed by atoms with E-state index in [0.717, 1.165) is 25.9 Å². The van der Waals surface area contributed by atoms with Gasteiger partial charge in [0.1, 0.15) is 0 Å². The van der Waals surface area contributed by atoms with E-state index in [9.17, 15) is 13.2 Å². The van der Waals surface area contributed by atoms with Crippen LogP contribution in [0.15, 0.2) is 24.3 Å². The second-order valence-electron chi connectivity index (χ2n) is 6.87. The number of carbonyl (C=O) groups is 1. The van der Waals surface area contributed by atoms with Gasteiger partial charge in [0.2, 0.25) is 10.0 Å². The summed E-state index contributed by atoms with van der Waals surface area (Å²) in [6.45, 7) is 3.33. The van der Waals surface area contributed by atoms with Gasteiger partial charge in [-0.1, -0.05) is 6.92 Å². The molecular weight excluding hydrogens is 362 g/mol. The molecule has 25 heavy (non-hydrogen) atoms. The zero-order chi connectivity index (χ0) is 17.3. The lowest BCUT2D eigenvalue weighted by molar-refractivity contribution is 0.0779. The van der Waals surface area contributed by atoms with Gasteiger partial charge in [-0.15, -0.1) is 12.4 Å². The number of anilines is 1. The third-order valence-corrected chi connectivity index (χ3v) is 6.57. The molecule has 8 heteroatoms. The van der Waals surface area contributed by atoms with Crippen LogP contribution in [-0.2, 0) is 10.0 Å². The van der Waals surface area contributed by atoms with Crippen molar-refractivity contribution in [3.8, 4) is 0 Å². The molecule has 1 saturated heterocycles. The van der Waals surface area contributed by atoms with Gasteiger partial charge in [0, 0.05) is 30.4 Å². The molecule has 1 amide bonds. The van der Waals surface area contributed by atoms with Crippen LogP contribution in [0.3, 0.4) is 0 Å². The minimum atomic E-state index is -3.31. The lowest BCUT2D eigenvalue weighted by Crippen LogP contribution is -2.33. The smallest absolute Gasteiger partial charge is 0.253 e. The molecule has 3 atom stereocenters. The molecule has 1 aliphatic heterocycles. The number of carbonyl (C=O) groups excluding carboxylic acids is 1. The average Bonchev–Trinajstić information content (AvgIpc) is 3.09. The predicted molar refractivity (Wildman–Crippen MR) is 101 cm³/mol. The molecule has 6 nitrogen and oxygen atoms in total. The number of likely N-dealkylation sites (tertiary alicyclic amines) is 1. The van der Waals surface area contributed by atoms with E-state index < -0.39 is 10.0 Å². The van der Waals surface area contributed by atoms with Gasteiger partial charge in [-0.2, -0.15) is 0 Å². The Hall–Kier alpha value is -1.31. The van der Waals surface area contributed by atoms with Gasteiger partial charge in [0.05, 0.1) is 5.75 Å². The van der Waals surface area contributed by atoms with Crippen LogP contribution in [0.5, 0.6) is 0 Å². The summed E-state index contributed by atoms with van der Waals surface area (Å²) < 4.78 is 26.1. The monoisotopic (exact) mass is 387 g/mol. The summed E-state index contributed by atoms with van der Waals surface area (Å²) in [5.74, 6) is 1.04. The fourth-order valence-electron chi connectivity index (χ4n) is 3.84. The molecule has 3 unspecified atom stereocenters. The molecule has 0 aromatic heterocycles. The SMILES string of the molecule is CCCS(=O)(=O)Nc1ccc(C(=O)N2CC3CCC(N)C3C2)cc1.Cl. The number of nitrogens with one attached hydrogen (secondary N) is 1. The van der Waals surface area contributed by atoms with Crippen LogP contribution in [0.25, 0.3) is 0 Å². The number of halogens is 1. The van der Waals surface area contributed by atoms with Crippen molar-refractivity contribution in [1.82, 2.24) is 4.90 Å². The third kappa shape index (κ3) is 4.46. The summed E-state index contributed by atoms with van der Waals surface area (Å²) in [5.41, 5.74) is 7.19. The van der Waals surface area contributed by atoms with Gasteiger partial charge in [-0.3, -0.25) is 9.52 Å². The van der Waals surface area contributed by atoms with Crippen molar-refractivity contribution in [2.24, 2.45) is 17.6 Å². The number of hydrogen-bond donors (Lipinski definition) is 2. The first-order chi connectivity index (χ1) is 11.4. The Morgan fingerprint density at radius 2 is 1.92 bits per heavy atom. The van der Waals surface area contributed by atoms with Crippen LogP contribution in [0.1, 0.15) is 36.5 Å². The normalized spacial score (nSPS) is 25.4. The van der Waals surface area contributed by atoms with E-state index in [1.807, 2.05) is 11.8 Å². The van der Waals surface area contributed by atoms with Gasteiger partial charge in [0.15, 0.2) is 0 Å². The summed E-state index contributed by atoms with van der Waals surface area (Å²) in [6.07, 6.45) is 2.73. The topological polar surface area (TPSA) is 92.5 Å². The van der Waals surface area contributed by atoms with Gasteiger partial charge < -0.3 is 10.6 Å². The van der Waals surface area contributed by atoms with E-state index in [4.69, 9.17) is 5.73 Å². The van der Waals surface area contributed by atoms with Crippen LogP contribution < -0.4 is 10.5 Å². The number of rotatable bonds is 5. The maximum absolute atomic E-state index is 12.6. The Labute approximate surface area is 155 Å². The Kier molecular flexibility index (Phi) is 6.35. The molecule has 0 radical (unpaired) electrons. The van der Waals surface area contributed by atoms with Crippen molar-refractivity contribution in [3.05, 3.63) is 29.8 Å². The highest BCUT2D eigenvalue weighted by Gasteiger charge is 2.42. The van der Waals surface area contributed by atoms with Gasteiger partial charge in [-0.05, 0) is 55.4 Å². The minimum Gasteiger partial charge on any atom is -0.338 e. The van der Waals surface area contributed by atoms with E-state index in [2.05, 4.69) is 4.72 Å². The molecule has 2 aliphatic rings. The Bertz CT molecular complexity index is 708. The molecule has 1 aliphatic carbocycles. The summed E-state index contributed by atoms with van der Waals surface area (Å²) in [6, 6.07) is 6.86. The molecule has 1 heterocycles. The number of nitrogens with zero attached hydrogens (tertiary/aromatic N) is 1. The number of sulfonamides is 1. The van der Waals surface area contributed by atoms with E-state index in [1.165, 1.54) is 0 Å². The molecule has 3 rings (SSSR count). The Morgan fingerprint density at radius 3 is 2.52 bits per heavy atom. The molecule has 0 bridgehead atoms. The maximum atomic E-state index is 12.6.